The highest BCUT2D eigenvalue weighted by Gasteiger charge is 2.24. The van der Waals surface area contributed by atoms with Crippen LogP contribution < -0.4 is 5.32 Å². The third kappa shape index (κ3) is 4.52. The number of likely N-dealkylation sites (tertiary alicyclic amines) is 1. The Kier molecular flexibility index (Phi) is 5.21. The van der Waals surface area contributed by atoms with Crippen molar-refractivity contribution in [1.82, 2.24) is 10.2 Å². The second-order valence-electron chi connectivity index (χ2n) is 5.24. The van der Waals surface area contributed by atoms with Crippen LogP contribution >= 0.6 is 0 Å². The number of carbonyl (C=O) groups excluding carboxylic acids is 1. The van der Waals surface area contributed by atoms with Gasteiger partial charge in [0.15, 0.2) is 0 Å². The lowest BCUT2D eigenvalue weighted by Gasteiger charge is -2.32. The van der Waals surface area contributed by atoms with Gasteiger partial charge in [0.1, 0.15) is 0 Å². The first-order chi connectivity index (χ1) is 7.98. The molecule has 17 heavy (non-hydrogen) atoms. The van der Waals surface area contributed by atoms with Crippen molar-refractivity contribution in [2.45, 2.75) is 32.3 Å². The molecule has 0 aromatic heterocycles. The number of carbonyl (C=O) groups is 1. The highest BCUT2D eigenvalue weighted by Crippen LogP contribution is 2.16. The molecule has 2 amide bonds. The zero-order chi connectivity index (χ0) is 12.9. The van der Waals surface area contributed by atoms with Gasteiger partial charge in [-0.15, -0.1) is 0 Å². The van der Waals surface area contributed by atoms with Crippen molar-refractivity contribution in [3.05, 3.63) is 0 Å². The number of piperidine rings is 1. The Hall–Kier alpha value is -0.810. The topological polar surface area (TPSA) is 61.8 Å². The van der Waals surface area contributed by atoms with Gasteiger partial charge < -0.3 is 20.1 Å². The largest absolute Gasteiger partial charge is 0.396 e. The Morgan fingerprint density at radius 3 is 2.53 bits per heavy atom. The van der Waals surface area contributed by atoms with Crippen LogP contribution in [0.15, 0.2) is 0 Å². The highest BCUT2D eigenvalue weighted by molar-refractivity contribution is 5.74. The van der Waals surface area contributed by atoms with Crippen LogP contribution in [0.2, 0.25) is 0 Å². The molecule has 0 aromatic carbocycles. The summed E-state index contributed by atoms with van der Waals surface area (Å²) in [5, 5.41) is 11.9. The zero-order valence-corrected chi connectivity index (χ0v) is 11.0. The van der Waals surface area contributed by atoms with E-state index >= 15 is 0 Å². The normalized spacial score (nSPS) is 18.2. The highest BCUT2D eigenvalue weighted by atomic mass is 16.5. The fourth-order valence-corrected chi connectivity index (χ4v) is 1.79. The molecule has 0 bridgehead atoms. The molecule has 1 aliphatic heterocycles. The lowest BCUT2D eigenvalue weighted by molar-refractivity contribution is 0.0238. The van der Waals surface area contributed by atoms with Crippen LogP contribution in [0, 0.1) is 5.92 Å². The van der Waals surface area contributed by atoms with Crippen molar-refractivity contribution >= 4 is 6.03 Å². The van der Waals surface area contributed by atoms with Gasteiger partial charge in [-0.05, 0) is 32.6 Å². The first-order valence-electron chi connectivity index (χ1n) is 6.17. The van der Waals surface area contributed by atoms with E-state index in [9.17, 15) is 4.79 Å². The maximum absolute atomic E-state index is 11.9. The van der Waals surface area contributed by atoms with E-state index in [1.165, 1.54) is 0 Å². The average molecular weight is 244 g/mol. The molecule has 1 aliphatic rings. The SMILES string of the molecule is COC(C)(C)CNC(=O)N1CCC(CO)CC1. The van der Waals surface area contributed by atoms with Crippen molar-refractivity contribution in [2.75, 3.05) is 33.4 Å². The summed E-state index contributed by atoms with van der Waals surface area (Å²) in [5.74, 6) is 0.356. The first kappa shape index (κ1) is 14.3. The molecule has 1 saturated heterocycles. The smallest absolute Gasteiger partial charge is 0.317 e. The molecule has 0 aliphatic carbocycles. The third-order valence-electron chi connectivity index (χ3n) is 3.38. The average Bonchev–Trinajstić information content (AvgIpc) is 2.36. The summed E-state index contributed by atoms with van der Waals surface area (Å²) in [4.78, 5) is 13.7. The molecule has 0 radical (unpaired) electrons. The van der Waals surface area contributed by atoms with Crippen LogP contribution in [-0.4, -0.2) is 55.0 Å². The molecule has 100 valence electrons. The van der Waals surface area contributed by atoms with Crippen LogP contribution in [-0.2, 0) is 4.74 Å². The lowest BCUT2D eigenvalue weighted by atomic mass is 9.98. The molecule has 0 aromatic rings. The predicted octanol–water partition coefficient (Wildman–Crippen LogP) is 0.825. The van der Waals surface area contributed by atoms with E-state index in [1.54, 1.807) is 12.0 Å². The van der Waals surface area contributed by atoms with Crippen LogP contribution in [0.1, 0.15) is 26.7 Å². The zero-order valence-electron chi connectivity index (χ0n) is 11.0. The van der Waals surface area contributed by atoms with Gasteiger partial charge in [0.25, 0.3) is 0 Å². The van der Waals surface area contributed by atoms with Crippen molar-refractivity contribution in [3.63, 3.8) is 0 Å². The Labute approximate surface area is 103 Å². The van der Waals surface area contributed by atoms with Gasteiger partial charge in [-0.2, -0.15) is 0 Å². The third-order valence-corrected chi connectivity index (χ3v) is 3.38. The number of urea groups is 1. The molecule has 0 unspecified atom stereocenters. The number of hydrogen-bond donors (Lipinski definition) is 2. The standard InChI is InChI=1S/C12H24N2O3/c1-12(2,17-3)9-13-11(16)14-6-4-10(8-15)5-7-14/h10,15H,4-9H2,1-3H3,(H,13,16). The Morgan fingerprint density at radius 2 is 2.06 bits per heavy atom. The molecule has 1 heterocycles. The van der Waals surface area contributed by atoms with Gasteiger partial charge in [0.05, 0.1) is 5.60 Å². The molecule has 0 spiro atoms. The molecule has 5 nitrogen and oxygen atoms in total. The van der Waals surface area contributed by atoms with Crippen LogP contribution in [0.3, 0.4) is 0 Å². The van der Waals surface area contributed by atoms with Crippen LogP contribution in [0.5, 0.6) is 0 Å². The van der Waals surface area contributed by atoms with E-state index in [2.05, 4.69) is 5.32 Å². The van der Waals surface area contributed by atoms with Gasteiger partial charge in [-0.25, -0.2) is 4.79 Å². The number of amides is 2. The molecule has 1 rings (SSSR count). The number of methoxy groups -OCH3 is 1. The fourth-order valence-electron chi connectivity index (χ4n) is 1.79. The van der Waals surface area contributed by atoms with E-state index < -0.39 is 0 Å². The Bertz CT molecular complexity index is 248. The van der Waals surface area contributed by atoms with E-state index in [-0.39, 0.29) is 18.2 Å². The number of ether oxygens (including phenoxy) is 1. The molecule has 2 N–H and O–H groups in total. The Morgan fingerprint density at radius 1 is 1.47 bits per heavy atom. The quantitative estimate of drug-likeness (QED) is 0.770. The summed E-state index contributed by atoms with van der Waals surface area (Å²) < 4.78 is 5.24. The fraction of sp³-hybridized carbons (Fsp3) is 0.917. The number of nitrogens with one attached hydrogen (secondary N) is 1. The van der Waals surface area contributed by atoms with Gasteiger partial charge in [0, 0.05) is 33.4 Å². The van der Waals surface area contributed by atoms with Gasteiger partial charge >= 0.3 is 6.03 Å². The number of rotatable bonds is 4. The Balaban J connectivity index is 2.30. The maximum Gasteiger partial charge on any atom is 0.317 e. The monoisotopic (exact) mass is 244 g/mol. The van der Waals surface area contributed by atoms with E-state index in [1.807, 2.05) is 13.8 Å². The van der Waals surface area contributed by atoms with E-state index in [4.69, 9.17) is 9.84 Å². The van der Waals surface area contributed by atoms with Crippen LogP contribution in [0.4, 0.5) is 4.79 Å². The minimum Gasteiger partial charge on any atom is -0.396 e. The second kappa shape index (κ2) is 6.21. The summed E-state index contributed by atoms with van der Waals surface area (Å²) in [7, 11) is 1.64. The van der Waals surface area contributed by atoms with Crippen molar-refractivity contribution in [2.24, 2.45) is 5.92 Å². The van der Waals surface area contributed by atoms with E-state index in [0.29, 0.717) is 12.5 Å². The summed E-state index contributed by atoms with van der Waals surface area (Å²) in [5.41, 5.74) is -0.334. The minimum atomic E-state index is -0.334. The minimum absolute atomic E-state index is 0.0356. The molecular weight excluding hydrogens is 220 g/mol. The summed E-state index contributed by atoms with van der Waals surface area (Å²) in [6.07, 6.45) is 1.77. The number of aliphatic hydroxyl groups excluding tert-OH is 1. The summed E-state index contributed by atoms with van der Waals surface area (Å²) in [6, 6.07) is -0.0356. The number of hydrogen-bond acceptors (Lipinski definition) is 3. The van der Waals surface area contributed by atoms with Crippen LogP contribution in [0.25, 0.3) is 0 Å². The lowest BCUT2D eigenvalue weighted by Crippen LogP contribution is -2.48. The second-order valence-corrected chi connectivity index (χ2v) is 5.24. The summed E-state index contributed by atoms with van der Waals surface area (Å²) in [6.45, 7) is 6.06. The molecule has 5 heteroatoms. The van der Waals surface area contributed by atoms with Crippen molar-refractivity contribution in [1.29, 1.82) is 0 Å². The molecular formula is C12H24N2O3. The molecule has 0 atom stereocenters. The van der Waals surface area contributed by atoms with Gasteiger partial charge in [-0.3, -0.25) is 0 Å². The van der Waals surface area contributed by atoms with Crippen molar-refractivity contribution < 1.29 is 14.6 Å². The predicted molar refractivity (Wildman–Crippen MR) is 65.9 cm³/mol. The van der Waals surface area contributed by atoms with E-state index in [0.717, 1.165) is 25.9 Å². The maximum atomic E-state index is 11.9. The van der Waals surface area contributed by atoms with Gasteiger partial charge in [-0.1, -0.05) is 0 Å². The number of aliphatic hydroxyl groups is 1. The summed E-state index contributed by atoms with van der Waals surface area (Å²) >= 11 is 0. The van der Waals surface area contributed by atoms with Gasteiger partial charge in [0.2, 0.25) is 0 Å². The molecule has 1 fully saturated rings. The number of nitrogens with zero attached hydrogens (tertiary/aromatic N) is 1. The van der Waals surface area contributed by atoms with Crippen molar-refractivity contribution in [3.8, 4) is 0 Å². The molecule has 0 saturated carbocycles. The first-order valence-corrected chi connectivity index (χ1v) is 6.17.